The zero-order valence-corrected chi connectivity index (χ0v) is 16.2. The highest BCUT2D eigenvalue weighted by molar-refractivity contribution is 6.21. The smallest absolute Gasteiger partial charge is 0.344 e. The molecular weight excluding hydrogens is 358 g/mol. The van der Waals surface area contributed by atoms with Crippen LogP contribution in [0.15, 0.2) is 42.5 Å². The largest absolute Gasteiger partial charge is 0.482 e. The van der Waals surface area contributed by atoms with E-state index in [9.17, 15) is 14.4 Å². The first-order chi connectivity index (χ1) is 13.4. The lowest BCUT2D eigenvalue weighted by Crippen LogP contribution is -2.34. The second-order valence-electron chi connectivity index (χ2n) is 7.00. The van der Waals surface area contributed by atoms with Crippen molar-refractivity contribution in [2.75, 3.05) is 19.8 Å². The molecule has 1 aliphatic heterocycles. The summed E-state index contributed by atoms with van der Waals surface area (Å²) in [6.07, 6.45) is 0. The molecule has 0 atom stereocenters. The topological polar surface area (TPSA) is 72.9 Å². The number of hydrogen-bond acceptors (Lipinski definition) is 5. The Morgan fingerprint density at radius 2 is 1.68 bits per heavy atom. The Balaban J connectivity index is 1.49. The summed E-state index contributed by atoms with van der Waals surface area (Å²) in [5, 5.41) is 0. The molecule has 0 spiro atoms. The monoisotopic (exact) mass is 381 g/mol. The molecule has 2 amide bonds. The third kappa shape index (κ3) is 4.06. The number of nitrogens with zero attached hydrogens (tertiary/aromatic N) is 1. The van der Waals surface area contributed by atoms with E-state index in [1.165, 1.54) is 0 Å². The zero-order valence-electron chi connectivity index (χ0n) is 16.2. The van der Waals surface area contributed by atoms with Crippen molar-refractivity contribution < 1.29 is 23.9 Å². The van der Waals surface area contributed by atoms with E-state index >= 15 is 0 Å². The van der Waals surface area contributed by atoms with Gasteiger partial charge in [-0.3, -0.25) is 14.5 Å². The van der Waals surface area contributed by atoms with Crippen LogP contribution in [-0.4, -0.2) is 42.4 Å². The maximum absolute atomic E-state index is 12.3. The summed E-state index contributed by atoms with van der Waals surface area (Å²) in [5.74, 6) is -0.285. The van der Waals surface area contributed by atoms with E-state index in [2.05, 4.69) is 13.8 Å². The fourth-order valence-corrected chi connectivity index (χ4v) is 3.00. The van der Waals surface area contributed by atoms with Gasteiger partial charge < -0.3 is 9.47 Å². The van der Waals surface area contributed by atoms with Gasteiger partial charge in [-0.05, 0) is 42.2 Å². The number of aryl methyl sites for hydroxylation is 1. The van der Waals surface area contributed by atoms with Gasteiger partial charge in [0, 0.05) is 0 Å². The number of amides is 2. The Morgan fingerprint density at radius 1 is 1.04 bits per heavy atom. The van der Waals surface area contributed by atoms with Gasteiger partial charge in [0.05, 0.1) is 17.7 Å². The van der Waals surface area contributed by atoms with E-state index in [1.807, 2.05) is 25.1 Å². The van der Waals surface area contributed by atoms with Crippen LogP contribution in [0.5, 0.6) is 5.75 Å². The van der Waals surface area contributed by atoms with E-state index in [0.29, 0.717) is 22.8 Å². The lowest BCUT2D eigenvalue weighted by Gasteiger charge is -2.15. The number of hydrogen-bond donors (Lipinski definition) is 0. The summed E-state index contributed by atoms with van der Waals surface area (Å²) in [4.78, 5) is 37.6. The summed E-state index contributed by atoms with van der Waals surface area (Å²) in [6.45, 7) is 5.79. The average Bonchev–Trinajstić information content (AvgIpc) is 2.92. The summed E-state index contributed by atoms with van der Waals surface area (Å²) < 4.78 is 10.7. The Morgan fingerprint density at radius 3 is 2.29 bits per heavy atom. The van der Waals surface area contributed by atoms with E-state index in [0.717, 1.165) is 16.0 Å². The van der Waals surface area contributed by atoms with Gasteiger partial charge in [-0.15, -0.1) is 0 Å². The molecule has 28 heavy (non-hydrogen) atoms. The van der Waals surface area contributed by atoms with Crippen LogP contribution in [0, 0.1) is 6.92 Å². The molecule has 0 aliphatic carbocycles. The molecule has 1 heterocycles. The molecular formula is C22H23NO5. The van der Waals surface area contributed by atoms with Gasteiger partial charge in [0.2, 0.25) is 0 Å². The summed E-state index contributed by atoms with van der Waals surface area (Å²) in [6, 6.07) is 12.6. The Bertz CT molecular complexity index is 884. The first-order valence-corrected chi connectivity index (χ1v) is 9.22. The molecule has 0 saturated carbocycles. The van der Waals surface area contributed by atoms with Gasteiger partial charge in [0.25, 0.3) is 11.8 Å². The highest BCUT2D eigenvalue weighted by Crippen LogP contribution is 2.24. The molecule has 0 N–H and O–H groups in total. The minimum Gasteiger partial charge on any atom is -0.482 e. The summed E-state index contributed by atoms with van der Waals surface area (Å²) in [5.41, 5.74) is 2.81. The highest BCUT2D eigenvalue weighted by Gasteiger charge is 2.34. The van der Waals surface area contributed by atoms with Crippen molar-refractivity contribution in [1.29, 1.82) is 0 Å². The molecule has 2 aromatic carbocycles. The molecule has 0 radical (unpaired) electrons. The predicted octanol–water partition coefficient (Wildman–Crippen LogP) is 3.34. The van der Waals surface area contributed by atoms with Crippen molar-refractivity contribution in [3.8, 4) is 5.75 Å². The fourth-order valence-electron chi connectivity index (χ4n) is 3.00. The van der Waals surface area contributed by atoms with Gasteiger partial charge in [0.15, 0.2) is 6.61 Å². The Hall–Kier alpha value is -3.15. The van der Waals surface area contributed by atoms with E-state index in [-0.39, 0.29) is 31.6 Å². The lowest BCUT2D eigenvalue weighted by atomic mass is 10.0. The van der Waals surface area contributed by atoms with Crippen molar-refractivity contribution in [3.63, 3.8) is 0 Å². The highest BCUT2D eigenvalue weighted by atomic mass is 16.6. The Kier molecular flexibility index (Phi) is 5.78. The molecule has 1 aliphatic rings. The van der Waals surface area contributed by atoms with Crippen molar-refractivity contribution in [2.45, 2.75) is 26.7 Å². The van der Waals surface area contributed by atoms with Gasteiger partial charge in [-0.2, -0.15) is 0 Å². The van der Waals surface area contributed by atoms with Crippen molar-refractivity contribution in [3.05, 3.63) is 64.7 Å². The number of ether oxygens (including phenoxy) is 2. The normalized spacial score (nSPS) is 13.1. The van der Waals surface area contributed by atoms with Crippen LogP contribution < -0.4 is 4.74 Å². The zero-order chi connectivity index (χ0) is 20.3. The van der Waals surface area contributed by atoms with Crippen LogP contribution in [0.4, 0.5) is 0 Å². The minimum atomic E-state index is -0.550. The molecule has 0 saturated heterocycles. The number of esters is 1. The molecule has 0 bridgehead atoms. The maximum Gasteiger partial charge on any atom is 0.344 e. The van der Waals surface area contributed by atoms with Crippen molar-refractivity contribution >= 4 is 17.8 Å². The molecule has 0 fully saturated rings. The van der Waals surface area contributed by atoms with Gasteiger partial charge in [-0.25, -0.2) is 4.79 Å². The minimum absolute atomic E-state index is 0.0138. The first-order valence-electron chi connectivity index (χ1n) is 9.22. The second kappa shape index (κ2) is 8.25. The molecule has 6 heteroatoms. The van der Waals surface area contributed by atoms with Crippen LogP contribution >= 0.6 is 0 Å². The van der Waals surface area contributed by atoms with Crippen LogP contribution in [0.3, 0.4) is 0 Å². The molecule has 3 rings (SSSR count). The average molecular weight is 381 g/mol. The van der Waals surface area contributed by atoms with Crippen LogP contribution in [-0.2, 0) is 9.53 Å². The van der Waals surface area contributed by atoms with Crippen LogP contribution in [0.2, 0.25) is 0 Å². The summed E-state index contributed by atoms with van der Waals surface area (Å²) in [7, 11) is 0. The SMILES string of the molecule is Cc1ccc(C(C)C)cc1OCC(=O)OCCN1C(=O)c2ccccc2C1=O. The number of fused-ring (bicyclic) bond motifs is 1. The molecule has 6 nitrogen and oxygen atoms in total. The van der Waals surface area contributed by atoms with E-state index in [4.69, 9.17) is 9.47 Å². The third-order valence-corrected chi connectivity index (χ3v) is 4.68. The van der Waals surface area contributed by atoms with E-state index in [1.54, 1.807) is 24.3 Å². The third-order valence-electron chi connectivity index (χ3n) is 4.68. The molecule has 146 valence electrons. The van der Waals surface area contributed by atoms with Gasteiger partial charge in [-0.1, -0.05) is 38.1 Å². The standard InChI is InChI=1S/C22H23NO5/c1-14(2)16-9-8-15(3)19(12-16)28-13-20(24)27-11-10-23-21(25)17-6-4-5-7-18(17)22(23)26/h4-9,12,14H,10-11,13H2,1-3H3. The maximum atomic E-state index is 12.3. The summed E-state index contributed by atoms with van der Waals surface area (Å²) >= 11 is 0. The predicted molar refractivity (Wildman–Crippen MR) is 104 cm³/mol. The van der Waals surface area contributed by atoms with Crippen LogP contribution in [0.25, 0.3) is 0 Å². The second-order valence-corrected chi connectivity index (χ2v) is 7.00. The number of carbonyl (C=O) groups is 3. The number of benzene rings is 2. The van der Waals surface area contributed by atoms with Gasteiger partial charge in [0.1, 0.15) is 12.4 Å². The number of imide groups is 1. The lowest BCUT2D eigenvalue weighted by molar-refractivity contribution is -0.146. The first kappa shape index (κ1) is 19.6. The number of carbonyl (C=O) groups excluding carboxylic acids is 3. The molecule has 0 aromatic heterocycles. The fraction of sp³-hybridized carbons (Fsp3) is 0.318. The number of rotatable bonds is 7. The molecule has 2 aromatic rings. The van der Waals surface area contributed by atoms with Crippen molar-refractivity contribution in [1.82, 2.24) is 4.90 Å². The van der Waals surface area contributed by atoms with Gasteiger partial charge >= 0.3 is 5.97 Å². The van der Waals surface area contributed by atoms with Crippen molar-refractivity contribution in [2.24, 2.45) is 0 Å². The molecule has 0 unspecified atom stereocenters. The van der Waals surface area contributed by atoms with E-state index < -0.39 is 5.97 Å². The Labute approximate surface area is 164 Å². The van der Waals surface area contributed by atoms with Crippen LogP contribution in [0.1, 0.15) is 51.6 Å². The quantitative estimate of drug-likeness (QED) is 0.543.